The summed E-state index contributed by atoms with van der Waals surface area (Å²) in [7, 11) is 0. The van der Waals surface area contributed by atoms with Crippen LogP contribution in [0, 0.1) is 6.92 Å². The van der Waals surface area contributed by atoms with Gasteiger partial charge in [0, 0.05) is 12.0 Å². The Morgan fingerprint density at radius 2 is 2.29 bits per heavy atom. The highest BCUT2D eigenvalue weighted by atomic mass is 35.5. The predicted molar refractivity (Wildman–Crippen MR) is 66.7 cm³/mol. The van der Waals surface area contributed by atoms with Gasteiger partial charge >= 0.3 is 0 Å². The lowest BCUT2D eigenvalue weighted by atomic mass is 10.2. The second-order valence-electron chi connectivity index (χ2n) is 4.27. The Morgan fingerprint density at radius 1 is 1.41 bits per heavy atom. The molecule has 0 saturated heterocycles. The minimum atomic E-state index is 0.569. The molecule has 0 unspecified atom stereocenters. The van der Waals surface area contributed by atoms with Gasteiger partial charge in [-0.3, -0.25) is 0 Å². The molecule has 3 nitrogen and oxygen atoms in total. The van der Waals surface area contributed by atoms with Crippen LogP contribution in [0.2, 0.25) is 5.15 Å². The summed E-state index contributed by atoms with van der Waals surface area (Å²) in [6.45, 7) is 3.36. The van der Waals surface area contributed by atoms with Gasteiger partial charge in [0.05, 0.1) is 24.6 Å². The third kappa shape index (κ3) is 1.85. The zero-order valence-electron chi connectivity index (χ0n) is 9.61. The van der Waals surface area contributed by atoms with Crippen LogP contribution in [0.4, 0.5) is 0 Å². The van der Waals surface area contributed by atoms with Crippen molar-refractivity contribution in [1.82, 2.24) is 9.78 Å². The molecular weight excluding hydrogens is 236 g/mol. The van der Waals surface area contributed by atoms with E-state index in [0.717, 1.165) is 30.0 Å². The molecule has 17 heavy (non-hydrogen) atoms. The lowest BCUT2D eigenvalue weighted by molar-refractivity contribution is 0.110. The van der Waals surface area contributed by atoms with Crippen molar-refractivity contribution in [3.63, 3.8) is 0 Å². The molecule has 1 aliphatic heterocycles. The monoisotopic (exact) mass is 248 g/mol. The van der Waals surface area contributed by atoms with Crippen molar-refractivity contribution < 1.29 is 4.74 Å². The Hall–Kier alpha value is -1.32. The third-order valence-electron chi connectivity index (χ3n) is 2.98. The molecule has 1 aromatic heterocycles. The molecule has 2 heterocycles. The second kappa shape index (κ2) is 4.17. The minimum Gasteiger partial charge on any atom is -0.376 e. The summed E-state index contributed by atoms with van der Waals surface area (Å²) in [6.07, 6.45) is 0.841. The first kappa shape index (κ1) is 10.8. The van der Waals surface area contributed by atoms with E-state index in [1.807, 2.05) is 12.1 Å². The van der Waals surface area contributed by atoms with E-state index < -0.39 is 0 Å². The van der Waals surface area contributed by atoms with Crippen molar-refractivity contribution in [2.24, 2.45) is 0 Å². The number of hydrogen-bond acceptors (Lipinski definition) is 2. The molecule has 0 spiro atoms. The molecule has 1 aromatic carbocycles. The number of halogens is 1. The van der Waals surface area contributed by atoms with Crippen molar-refractivity contribution in [2.45, 2.75) is 20.0 Å². The molecule has 0 fully saturated rings. The molecule has 0 saturated carbocycles. The first-order valence-electron chi connectivity index (χ1n) is 5.67. The van der Waals surface area contributed by atoms with E-state index in [4.69, 9.17) is 16.3 Å². The van der Waals surface area contributed by atoms with Crippen molar-refractivity contribution in [3.05, 3.63) is 46.2 Å². The van der Waals surface area contributed by atoms with Crippen LogP contribution in [-0.4, -0.2) is 16.4 Å². The standard InChI is InChI=1S/C13H13ClN2O/c1-9-3-2-4-10(7-9)16-13(14)11-8-17-6-5-12(11)15-16/h2-4,7H,5-6,8H2,1H3. The molecule has 1 aliphatic rings. The Balaban J connectivity index is 2.12. The van der Waals surface area contributed by atoms with Crippen LogP contribution >= 0.6 is 11.6 Å². The normalized spacial score (nSPS) is 14.7. The van der Waals surface area contributed by atoms with Gasteiger partial charge in [0.25, 0.3) is 0 Å². The van der Waals surface area contributed by atoms with E-state index in [9.17, 15) is 0 Å². The fourth-order valence-corrected chi connectivity index (χ4v) is 2.39. The lowest BCUT2D eigenvalue weighted by Gasteiger charge is -2.09. The van der Waals surface area contributed by atoms with E-state index in [1.54, 1.807) is 4.68 Å². The molecular formula is C13H13ClN2O. The van der Waals surface area contributed by atoms with Crippen LogP contribution in [0.25, 0.3) is 5.69 Å². The summed E-state index contributed by atoms with van der Waals surface area (Å²) in [5.74, 6) is 0. The van der Waals surface area contributed by atoms with Gasteiger partial charge < -0.3 is 4.74 Å². The van der Waals surface area contributed by atoms with Crippen molar-refractivity contribution in [3.8, 4) is 5.69 Å². The van der Waals surface area contributed by atoms with Crippen molar-refractivity contribution in [2.75, 3.05) is 6.61 Å². The average Bonchev–Trinajstić information content (AvgIpc) is 2.68. The average molecular weight is 249 g/mol. The number of rotatable bonds is 1. The number of hydrogen-bond donors (Lipinski definition) is 0. The molecule has 3 rings (SSSR count). The number of benzene rings is 1. The molecule has 0 radical (unpaired) electrons. The molecule has 4 heteroatoms. The van der Waals surface area contributed by atoms with Crippen LogP contribution in [-0.2, 0) is 17.8 Å². The van der Waals surface area contributed by atoms with Gasteiger partial charge in [0.15, 0.2) is 0 Å². The van der Waals surface area contributed by atoms with Crippen LogP contribution in [0.15, 0.2) is 24.3 Å². The number of aromatic nitrogens is 2. The van der Waals surface area contributed by atoms with Gasteiger partial charge in [0.2, 0.25) is 0 Å². The first-order chi connectivity index (χ1) is 8.25. The maximum Gasteiger partial charge on any atom is 0.138 e. The van der Waals surface area contributed by atoms with Crippen LogP contribution in [0.3, 0.4) is 0 Å². The Bertz CT molecular complexity index is 563. The van der Waals surface area contributed by atoms with Crippen molar-refractivity contribution in [1.29, 1.82) is 0 Å². The molecule has 0 N–H and O–H groups in total. The highest BCUT2D eigenvalue weighted by Crippen LogP contribution is 2.27. The summed E-state index contributed by atoms with van der Waals surface area (Å²) in [5.41, 5.74) is 4.29. The SMILES string of the molecule is Cc1cccc(-n2nc3c(c2Cl)COCC3)c1. The quantitative estimate of drug-likeness (QED) is 0.776. The molecule has 88 valence electrons. The fourth-order valence-electron chi connectivity index (χ4n) is 2.09. The topological polar surface area (TPSA) is 27.1 Å². The number of nitrogens with zero attached hydrogens (tertiary/aromatic N) is 2. The maximum absolute atomic E-state index is 6.35. The van der Waals surface area contributed by atoms with Gasteiger partial charge in [0.1, 0.15) is 5.15 Å². The fraction of sp³-hybridized carbons (Fsp3) is 0.308. The highest BCUT2D eigenvalue weighted by Gasteiger charge is 2.20. The van der Waals surface area contributed by atoms with E-state index in [-0.39, 0.29) is 0 Å². The van der Waals surface area contributed by atoms with Crippen LogP contribution in [0.1, 0.15) is 16.8 Å². The van der Waals surface area contributed by atoms with E-state index in [0.29, 0.717) is 11.8 Å². The molecule has 2 aromatic rings. The van der Waals surface area contributed by atoms with Crippen LogP contribution < -0.4 is 0 Å². The number of fused-ring (bicyclic) bond motifs is 1. The highest BCUT2D eigenvalue weighted by molar-refractivity contribution is 6.30. The lowest BCUT2D eigenvalue weighted by Crippen LogP contribution is -2.08. The number of ether oxygens (including phenoxy) is 1. The summed E-state index contributed by atoms with van der Waals surface area (Å²) in [4.78, 5) is 0. The number of aryl methyl sites for hydroxylation is 1. The minimum absolute atomic E-state index is 0.569. The molecule has 0 bridgehead atoms. The van der Waals surface area contributed by atoms with Crippen molar-refractivity contribution >= 4 is 11.6 Å². The van der Waals surface area contributed by atoms with Gasteiger partial charge in [-0.2, -0.15) is 5.10 Å². The molecule has 0 atom stereocenters. The summed E-state index contributed by atoms with van der Waals surface area (Å²) in [5, 5.41) is 5.24. The molecule has 0 amide bonds. The zero-order valence-corrected chi connectivity index (χ0v) is 10.4. The van der Waals surface area contributed by atoms with Gasteiger partial charge in [-0.25, -0.2) is 4.68 Å². The maximum atomic E-state index is 6.35. The predicted octanol–water partition coefficient (Wildman–Crippen LogP) is 2.91. The largest absolute Gasteiger partial charge is 0.376 e. The summed E-state index contributed by atoms with van der Waals surface area (Å²) < 4.78 is 7.21. The smallest absolute Gasteiger partial charge is 0.138 e. The van der Waals surface area contributed by atoms with Gasteiger partial charge in [-0.15, -0.1) is 0 Å². The van der Waals surface area contributed by atoms with E-state index >= 15 is 0 Å². The Kier molecular flexibility index (Phi) is 2.65. The Labute approximate surface area is 105 Å². The Morgan fingerprint density at radius 3 is 3.06 bits per heavy atom. The van der Waals surface area contributed by atoms with Gasteiger partial charge in [-0.05, 0) is 24.6 Å². The second-order valence-corrected chi connectivity index (χ2v) is 4.63. The summed E-state index contributed by atoms with van der Waals surface area (Å²) in [6, 6.07) is 8.16. The van der Waals surface area contributed by atoms with E-state index in [1.165, 1.54) is 5.56 Å². The van der Waals surface area contributed by atoms with Gasteiger partial charge in [-0.1, -0.05) is 23.7 Å². The third-order valence-corrected chi connectivity index (χ3v) is 3.37. The van der Waals surface area contributed by atoms with Crippen LogP contribution in [0.5, 0.6) is 0 Å². The zero-order chi connectivity index (χ0) is 11.8. The summed E-state index contributed by atoms with van der Waals surface area (Å²) >= 11 is 6.35. The molecule has 0 aliphatic carbocycles. The first-order valence-corrected chi connectivity index (χ1v) is 6.04. The van der Waals surface area contributed by atoms with E-state index in [2.05, 4.69) is 24.2 Å².